The van der Waals surface area contributed by atoms with Gasteiger partial charge in [-0.15, -0.1) is 0 Å². The molecule has 1 aromatic carbocycles. The lowest BCUT2D eigenvalue weighted by Gasteiger charge is -2.20. The zero-order valence-electron chi connectivity index (χ0n) is 18.1. The second-order valence-corrected chi connectivity index (χ2v) is 8.75. The Bertz CT molecular complexity index is 1210. The van der Waals surface area contributed by atoms with E-state index in [0.29, 0.717) is 16.1 Å². The van der Waals surface area contributed by atoms with E-state index in [1.165, 1.54) is 10.6 Å². The zero-order chi connectivity index (χ0) is 23.5. The molecule has 3 N–H and O–H groups in total. The molecule has 2 aromatic heterocycles. The van der Waals surface area contributed by atoms with Crippen molar-refractivity contribution in [1.29, 1.82) is 0 Å². The molecule has 0 radical (unpaired) electrons. The number of amides is 1. The number of nitrogens with two attached hydrogens (primary N) is 1. The maximum atomic E-state index is 13.1. The van der Waals surface area contributed by atoms with Crippen molar-refractivity contribution in [3.8, 4) is 0 Å². The molecule has 0 aliphatic heterocycles. The number of aryl methyl sites for hydroxylation is 1. The van der Waals surface area contributed by atoms with E-state index in [-0.39, 0.29) is 30.9 Å². The summed E-state index contributed by atoms with van der Waals surface area (Å²) in [5.41, 5.74) is 5.67. The standard InChI is InChI=1S/C23H25ClN4O4/c1-23(2,3)32-19(29)10-11-28-20-15(6-9-18(25)27-20)12-17(22(28)31)21(30)26-13-14-4-7-16(24)8-5-14/h4-9,12H,10-11,13H2,1-3H3,(H2,25,27)(H,26,30). The molecule has 2 heterocycles. The van der Waals surface area contributed by atoms with Gasteiger partial charge in [-0.2, -0.15) is 0 Å². The number of fused-ring (bicyclic) bond motifs is 1. The molecule has 0 aliphatic carbocycles. The maximum absolute atomic E-state index is 13.1. The Morgan fingerprint density at radius 2 is 1.84 bits per heavy atom. The Hall–Kier alpha value is -3.39. The summed E-state index contributed by atoms with van der Waals surface area (Å²) in [6.45, 7) is 5.52. The van der Waals surface area contributed by atoms with Gasteiger partial charge in [-0.1, -0.05) is 23.7 Å². The molecule has 8 nitrogen and oxygen atoms in total. The molecule has 0 saturated carbocycles. The van der Waals surface area contributed by atoms with Gasteiger partial charge in [0.15, 0.2) is 0 Å². The first kappa shape index (κ1) is 23.3. The normalized spacial score (nSPS) is 11.4. The van der Waals surface area contributed by atoms with Crippen LogP contribution in [0.4, 0.5) is 5.82 Å². The van der Waals surface area contributed by atoms with Crippen LogP contribution < -0.4 is 16.6 Å². The van der Waals surface area contributed by atoms with Gasteiger partial charge in [-0.3, -0.25) is 19.0 Å². The number of hydrogen-bond acceptors (Lipinski definition) is 6. The number of esters is 1. The van der Waals surface area contributed by atoms with Crippen LogP contribution in [-0.4, -0.2) is 27.0 Å². The number of ether oxygens (including phenoxy) is 1. The van der Waals surface area contributed by atoms with Crippen LogP contribution >= 0.6 is 11.6 Å². The first-order chi connectivity index (χ1) is 15.0. The summed E-state index contributed by atoms with van der Waals surface area (Å²) in [5.74, 6) is -0.767. The molecule has 0 atom stereocenters. The third kappa shape index (κ3) is 5.85. The topological polar surface area (TPSA) is 116 Å². The van der Waals surface area contributed by atoms with Gasteiger partial charge >= 0.3 is 5.97 Å². The zero-order valence-corrected chi connectivity index (χ0v) is 18.9. The number of pyridine rings is 2. The molecule has 0 aliphatic rings. The number of nitrogens with zero attached hydrogens (tertiary/aromatic N) is 2. The molecule has 0 saturated heterocycles. The second-order valence-electron chi connectivity index (χ2n) is 8.31. The molecule has 3 aromatic rings. The van der Waals surface area contributed by atoms with E-state index in [1.807, 2.05) is 0 Å². The largest absolute Gasteiger partial charge is 0.460 e. The van der Waals surface area contributed by atoms with Crippen LogP contribution in [0.1, 0.15) is 43.1 Å². The van der Waals surface area contributed by atoms with Crippen molar-refractivity contribution >= 4 is 40.3 Å². The van der Waals surface area contributed by atoms with Crippen molar-refractivity contribution in [2.45, 2.75) is 45.9 Å². The Morgan fingerprint density at radius 3 is 2.50 bits per heavy atom. The van der Waals surface area contributed by atoms with E-state index in [2.05, 4.69) is 10.3 Å². The van der Waals surface area contributed by atoms with Gasteiger partial charge in [0.25, 0.3) is 11.5 Å². The molecular formula is C23H25ClN4O4. The SMILES string of the molecule is CC(C)(C)OC(=O)CCn1c(=O)c(C(=O)NCc2ccc(Cl)cc2)cc2ccc(N)nc21. The first-order valence-corrected chi connectivity index (χ1v) is 10.5. The highest BCUT2D eigenvalue weighted by atomic mass is 35.5. The maximum Gasteiger partial charge on any atom is 0.308 e. The highest BCUT2D eigenvalue weighted by molar-refractivity contribution is 6.30. The quantitative estimate of drug-likeness (QED) is 0.550. The van der Waals surface area contributed by atoms with Crippen LogP contribution in [0.5, 0.6) is 0 Å². The second kappa shape index (κ2) is 9.40. The van der Waals surface area contributed by atoms with Crippen LogP contribution in [-0.2, 0) is 22.6 Å². The van der Waals surface area contributed by atoms with Gasteiger partial charge in [0.05, 0.1) is 6.42 Å². The molecule has 1 amide bonds. The van der Waals surface area contributed by atoms with Crippen LogP contribution in [0.15, 0.2) is 47.3 Å². The fourth-order valence-electron chi connectivity index (χ4n) is 3.11. The van der Waals surface area contributed by atoms with Crippen molar-refractivity contribution in [2.24, 2.45) is 0 Å². The van der Waals surface area contributed by atoms with E-state index in [4.69, 9.17) is 22.1 Å². The van der Waals surface area contributed by atoms with Gasteiger partial charge in [-0.25, -0.2) is 4.98 Å². The lowest BCUT2D eigenvalue weighted by Crippen LogP contribution is -2.34. The van der Waals surface area contributed by atoms with Gasteiger partial charge in [0, 0.05) is 23.5 Å². The summed E-state index contributed by atoms with van der Waals surface area (Å²) < 4.78 is 6.61. The third-order valence-electron chi connectivity index (χ3n) is 4.53. The number of carbonyl (C=O) groups excluding carboxylic acids is 2. The minimum absolute atomic E-state index is 0.000988. The molecule has 0 fully saturated rings. The van der Waals surface area contributed by atoms with E-state index < -0.39 is 23.0 Å². The number of anilines is 1. The Balaban J connectivity index is 1.89. The summed E-state index contributed by atoms with van der Waals surface area (Å²) >= 11 is 5.88. The van der Waals surface area contributed by atoms with Gasteiger partial charge < -0.3 is 15.8 Å². The minimum atomic E-state index is -0.643. The fraction of sp³-hybridized carbons (Fsp3) is 0.304. The van der Waals surface area contributed by atoms with Crippen molar-refractivity contribution in [2.75, 3.05) is 5.73 Å². The summed E-state index contributed by atoms with van der Waals surface area (Å²) in [7, 11) is 0. The molecule has 0 bridgehead atoms. The molecule has 9 heteroatoms. The average Bonchev–Trinajstić information content (AvgIpc) is 2.71. The van der Waals surface area contributed by atoms with Gasteiger partial charge in [-0.05, 0) is 56.7 Å². The van der Waals surface area contributed by atoms with Crippen molar-refractivity contribution < 1.29 is 14.3 Å². The van der Waals surface area contributed by atoms with E-state index in [0.717, 1.165) is 5.56 Å². The lowest BCUT2D eigenvalue weighted by molar-refractivity contribution is -0.155. The summed E-state index contributed by atoms with van der Waals surface area (Å²) in [6, 6.07) is 11.8. The molecule has 168 valence electrons. The smallest absolute Gasteiger partial charge is 0.308 e. The van der Waals surface area contributed by atoms with Crippen molar-refractivity contribution in [3.05, 3.63) is 69.0 Å². The number of nitrogen functional groups attached to an aromatic ring is 1. The number of halogens is 1. The summed E-state index contributed by atoms with van der Waals surface area (Å²) in [5, 5.41) is 3.89. The number of aromatic nitrogens is 2. The minimum Gasteiger partial charge on any atom is -0.460 e. The van der Waals surface area contributed by atoms with Crippen LogP contribution in [0.25, 0.3) is 11.0 Å². The molecular weight excluding hydrogens is 432 g/mol. The third-order valence-corrected chi connectivity index (χ3v) is 4.78. The van der Waals surface area contributed by atoms with Crippen molar-refractivity contribution in [1.82, 2.24) is 14.9 Å². The number of benzene rings is 1. The van der Waals surface area contributed by atoms with Crippen LogP contribution in [0, 0.1) is 0 Å². The first-order valence-electron chi connectivity index (χ1n) is 10.1. The highest BCUT2D eigenvalue weighted by Gasteiger charge is 2.20. The number of rotatable bonds is 6. The van der Waals surface area contributed by atoms with E-state index in [1.54, 1.807) is 57.2 Å². The average molecular weight is 457 g/mol. The number of carbonyl (C=O) groups is 2. The van der Waals surface area contributed by atoms with E-state index in [9.17, 15) is 14.4 Å². The molecule has 0 spiro atoms. The highest BCUT2D eigenvalue weighted by Crippen LogP contribution is 2.16. The predicted octanol–water partition coefficient (Wildman–Crippen LogP) is 3.29. The fourth-order valence-corrected chi connectivity index (χ4v) is 3.23. The van der Waals surface area contributed by atoms with Gasteiger partial charge in [0.2, 0.25) is 0 Å². The van der Waals surface area contributed by atoms with Crippen LogP contribution in [0.3, 0.4) is 0 Å². The summed E-state index contributed by atoms with van der Waals surface area (Å²) in [6.07, 6.45) is -0.0569. The molecule has 32 heavy (non-hydrogen) atoms. The van der Waals surface area contributed by atoms with Gasteiger partial charge in [0.1, 0.15) is 22.6 Å². The number of hydrogen-bond donors (Lipinski definition) is 2. The monoisotopic (exact) mass is 456 g/mol. The van der Waals surface area contributed by atoms with E-state index >= 15 is 0 Å². The Morgan fingerprint density at radius 1 is 1.16 bits per heavy atom. The molecule has 0 unspecified atom stereocenters. The Labute approximate surface area is 190 Å². The predicted molar refractivity (Wildman–Crippen MR) is 123 cm³/mol. The Kier molecular flexibility index (Phi) is 6.84. The van der Waals surface area contributed by atoms with Crippen molar-refractivity contribution in [3.63, 3.8) is 0 Å². The lowest BCUT2D eigenvalue weighted by atomic mass is 10.1. The number of nitrogens with one attached hydrogen (secondary N) is 1. The molecule has 3 rings (SSSR count). The van der Waals surface area contributed by atoms with Crippen LogP contribution in [0.2, 0.25) is 5.02 Å². The summed E-state index contributed by atoms with van der Waals surface area (Å²) in [4.78, 5) is 42.4.